The normalized spacial score (nSPS) is 13.5. The molecule has 2 unspecified atom stereocenters. The lowest BCUT2D eigenvalue weighted by atomic mass is 10.0. The molecule has 0 saturated carbocycles. The number of unbranched alkanes of at least 4 members (excludes halogenated alkanes) is 38. The molecule has 0 heterocycles. The molecule has 0 aromatic heterocycles. The van der Waals surface area contributed by atoms with Crippen LogP contribution in [0, 0.1) is 0 Å². The minimum absolute atomic E-state index is 0.0305. The third-order valence-corrected chi connectivity index (χ3v) is 15.8. The van der Waals surface area contributed by atoms with Crippen molar-refractivity contribution in [1.29, 1.82) is 0 Å². The fraction of sp³-hybridized carbons (Fsp3) is 0.826. The predicted molar refractivity (Wildman–Crippen MR) is 337 cm³/mol. The van der Waals surface area contributed by atoms with E-state index in [1.165, 1.54) is 212 Å². The van der Waals surface area contributed by atoms with Crippen LogP contribution in [0.25, 0.3) is 0 Å². The van der Waals surface area contributed by atoms with Gasteiger partial charge in [0.15, 0.2) is 6.10 Å². The Kier molecular flexibility index (Phi) is 58.6. The summed E-state index contributed by atoms with van der Waals surface area (Å²) in [6, 6.07) is 0. The zero-order chi connectivity index (χ0) is 57.7. The van der Waals surface area contributed by atoms with Crippen molar-refractivity contribution < 1.29 is 42.1 Å². The lowest BCUT2D eigenvalue weighted by molar-refractivity contribution is -0.870. The Morgan fingerprint density at radius 2 is 0.722 bits per heavy atom. The van der Waals surface area contributed by atoms with E-state index in [1.807, 2.05) is 21.1 Å². The number of hydrogen-bond donors (Lipinski definition) is 0. The topological polar surface area (TPSA) is 111 Å². The van der Waals surface area contributed by atoms with Crippen LogP contribution in [0.3, 0.4) is 0 Å². The summed E-state index contributed by atoms with van der Waals surface area (Å²) in [6.07, 6.45) is 78.6. The molecule has 9 nitrogen and oxygen atoms in total. The first-order chi connectivity index (χ1) is 38.5. The summed E-state index contributed by atoms with van der Waals surface area (Å²) in [7, 11) is 1.18. The molecule has 79 heavy (non-hydrogen) atoms. The third-order valence-electron chi connectivity index (χ3n) is 14.8. The van der Waals surface area contributed by atoms with Crippen LogP contribution in [0.2, 0.25) is 0 Å². The van der Waals surface area contributed by atoms with Gasteiger partial charge in [-0.1, -0.05) is 306 Å². The predicted octanol–water partition coefficient (Wildman–Crippen LogP) is 20.8. The quantitative estimate of drug-likeness (QED) is 0.0195. The van der Waals surface area contributed by atoms with E-state index in [9.17, 15) is 19.0 Å². The maximum Gasteiger partial charge on any atom is 0.306 e. The monoisotopic (exact) mass is 1130 g/mol. The average molecular weight is 1130 g/mol. The number of quaternary nitrogens is 1. The second-order valence-corrected chi connectivity index (χ2v) is 25.2. The number of nitrogens with zero attached hydrogens (tertiary/aromatic N) is 1. The highest BCUT2D eigenvalue weighted by atomic mass is 31.2. The van der Waals surface area contributed by atoms with E-state index in [2.05, 4.69) is 74.6 Å². The highest BCUT2D eigenvalue weighted by molar-refractivity contribution is 7.45. The highest BCUT2D eigenvalue weighted by Crippen LogP contribution is 2.38. The van der Waals surface area contributed by atoms with Crippen molar-refractivity contribution in [2.45, 2.75) is 322 Å². The highest BCUT2D eigenvalue weighted by Gasteiger charge is 2.22. The fourth-order valence-corrected chi connectivity index (χ4v) is 10.4. The number of rotatable bonds is 62. The van der Waals surface area contributed by atoms with Crippen LogP contribution in [0.1, 0.15) is 316 Å². The van der Waals surface area contributed by atoms with E-state index in [1.54, 1.807) is 0 Å². The number of phosphoric acid groups is 1. The molecule has 0 N–H and O–H groups in total. The maximum atomic E-state index is 12.8. The number of allylic oxidation sites excluding steroid dienone is 10. The Bertz CT molecular complexity index is 1520. The molecule has 0 fully saturated rings. The molecule has 0 amide bonds. The summed E-state index contributed by atoms with van der Waals surface area (Å²) in [5, 5.41) is 0. The Hall–Kier alpha value is -2.29. The van der Waals surface area contributed by atoms with Crippen LogP contribution < -0.4 is 4.89 Å². The molecule has 0 aromatic carbocycles. The lowest BCUT2D eigenvalue weighted by Crippen LogP contribution is -2.37. The van der Waals surface area contributed by atoms with Crippen LogP contribution in [0.4, 0.5) is 0 Å². The lowest BCUT2D eigenvalue weighted by Gasteiger charge is -2.28. The van der Waals surface area contributed by atoms with E-state index in [-0.39, 0.29) is 32.0 Å². The van der Waals surface area contributed by atoms with E-state index in [0.29, 0.717) is 17.4 Å². The Balaban J connectivity index is 4.05. The molecule has 0 aliphatic heterocycles. The molecule has 0 radical (unpaired) electrons. The molecule has 10 heteroatoms. The summed E-state index contributed by atoms with van der Waals surface area (Å²) in [5.41, 5.74) is 0. The number of phosphoric ester groups is 1. The number of hydrogen-bond acceptors (Lipinski definition) is 8. The van der Waals surface area contributed by atoms with E-state index in [0.717, 1.165) is 70.6 Å². The van der Waals surface area contributed by atoms with Crippen molar-refractivity contribution in [2.24, 2.45) is 0 Å². The molecular formula is C69H128NO8P. The molecule has 0 spiro atoms. The Morgan fingerprint density at radius 3 is 1.08 bits per heavy atom. The largest absolute Gasteiger partial charge is 0.756 e. The summed E-state index contributed by atoms with van der Waals surface area (Å²) >= 11 is 0. The second kappa shape index (κ2) is 60.3. The summed E-state index contributed by atoms with van der Waals surface area (Å²) in [4.78, 5) is 38.0. The van der Waals surface area contributed by atoms with Gasteiger partial charge in [0, 0.05) is 12.8 Å². The first kappa shape index (κ1) is 76.7. The van der Waals surface area contributed by atoms with Crippen LogP contribution in [0.15, 0.2) is 60.8 Å². The number of carbonyl (C=O) groups excluding carboxylic acids is 2. The average Bonchev–Trinajstić information content (AvgIpc) is 3.41. The van der Waals surface area contributed by atoms with Gasteiger partial charge in [-0.2, -0.15) is 0 Å². The smallest absolute Gasteiger partial charge is 0.306 e. The molecule has 0 bridgehead atoms. The zero-order valence-electron chi connectivity index (χ0n) is 52.6. The second-order valence-electron chi connectivity index (χ2n) is 23.8. The molecular weight excluding hydrogens is 1000 g/mol. The van der Waals surface area contributed by atoms with Gasteiger partial charge in [0.25, 0.3) is 7.82 Å². The summed E-state index contributed by atoms with van der Waals surface area (Å²) < 4.78 is 34.3. The molecule has 0 rings (SSSR count). The van der Waals surface area contributed by atoms with Gasteiger partial charge >= 0.3 is 11.9 Å². The van der Waals surface area contributed by atoms with Gasteiger partial charge < -0.3 is 27.9 Å². The first-order valence-corrected chi connectivity index (χ1v) is 35.0. The molecule has 0 saturated heterocycles. The van der Waals surface area contributed by atoms with Gasteiger partial charge in [-0.15, -0.1) is 0 Å². The van der Waals surface area contributed by atoms with Gasteiger partial charge in [-0.05, 0) is 57.8 Å². The summed E-state index contributed by atoms with van der Waals surface area (Å²) in [6.45, 7) is 4.18. The zero-order valence-corrected chi connectivity index (χ0v) is 53.5. The van der Waals surface area contributed by atoms with Crippen molar-refractivity contribution in [2.75, 3.05) is 47.5 Å². The number of likely N-dealkylation sites (N-methyl/N-ethyl adjacent to an activating group) is 1. The molecule has 0 aromatic rings. The Labute approximate surface area is 489 Å². The van der Waals surface area contributed by atoms with Gasteiger partial charge in [0.1, 0.15) is 19.8 Å². The minimum Gasteiger partial charge on any atom is -0.756 e. The first-order valence-electron chi connectivity index (χ1n) is 33.5. The van der Waals surface area contributed by atoms with Crippen molar-refractivity contribution in [3.05, 3.63) is 60.8 Å². The Morgan fingerprint density at radius 1 is 0.405 bits per heavy atom. The van der Waals surface area contributed by atoms with Gasteiger partial charge in [0.2, 0.25) is 0 Å². The van der Waals surface area contributed by atoms with Crippen LogP contribution in [-0.2, 0) is 32.7 Å². The molecule has 462 valence electrons. The minimum atomic E-state index is -4.64. The van der Waals surface area contributed by atoms with Crippen molar-refractivity contribution in [3.8, 4) is 0 Å². The van der Waals surface area contributed by atoms with Crippen LogP contribution in [0.5, 0.6) is 0 Å². The SMILES string of the molecule is CC/C=C\C/C=C\C/C=C\C/C=C\C/C=C\CCCCCCCCCCCCCCCC(=O)OC(COC(=O)CCCCCCCCCCCCCCCCCCCCCCCCCCCC)COP(=O)([O-])OCC[N+](C)(C)C. The van der Waals surface area contributed by atoms with Crippen LogP contribution in [-0.4, -0.2) is 70.0 Å². The van der Waals surface area contributed by atoms with E-state index < -0.39 is 26.5 Å². The number of carbonyl (C=O) groups is 2. The van der Waals surface area contributed by atoms with Crippen molar-refractivity contribution in [3.63, 3.8) is 0 Å². The van der Waals surface area contributed by atoms with Gasteiger partial charge in [-0.25, -0.2) is 0 Å². The van der Waals surface area contributed by atoms with Gasteiger partial charge in [0.05, 0.1) is 27.7 Å². The number of ether oxygens (including phenoxy) is 2. The maximum absolute atomic E-state index is 12.8. The summed E-state index contributed by atoms with van der Waals surface area (Å²) in [5.74, 6) is -0.820. The van der Waals surface area contributed by atoms with Crippen molar-refractivity contribution in [1.82, 2.24) is 0 Å². The standard InChI is InChI=1S/C69H128NO8P/c1-6-8-10-12-14-16-18-20-22-24-26-28-30-32-34-35-36-38-40-42-44-46-48-50-52-54-56-58-60-62-69(72)78-67(66-77-79(73,74)76-64-63-70(3,4)5)65-75-68(71)61-59-57-55-53-51-49-47-45-43-41-39-37-33-31-29-27-25-23-21-19-17-15-13-11-9-7-2/h8,10,14,16,20,22,26,28,32,34,67H,6-7,9,11-13,15,17-19,21,23-25,27,29-31,33,35-66H2,1-5H3/b10-8-,16-14-,22-20-,28-26-,34-32-. The van der Waals surface area contributed by atoms with Crippen molar-refractivity contribution >= 4 is 19.8 Å². The molecule has 0 aliphatic rings. The van der Waals surface area contributed by atoms with Gasteiger partial charge in [-0.3, -0.25) is 14.2 Å². The third kappa shape index (κ3) is 64.7. The fourth-order valence-electron chi connectivity index (χ4n) is 9.69. The number of esters is 2. The molecule has 2 atom stereocenters. The van der Waals surface area contributed by atoms with E-state index in [4.69, 9.17) is 18.5 Å². The van der Waals surface area contributed by atoms with Crippen LogP contribution >= 0.6 is 7.82 Å². The molecule has 0 aliphatic carbocycles. The van der Waals surface area contributed by atoms with E-state index >= 15 is 0 Å².